The lowest BCUT2D eigenvalue weighted by molar-refractivity contribution is 0.0570. The molecule has 0 aromatic carbocycles. The fourth-order valence-corrected chi connectivity index (χ4v) is 2.02. The van der Waals surface area contributed by atoms with E-state index in [4.69, 9.17) is 0 Å². The van der Waals surface area contributed by atoms with Gasteiger partial charge in [-0.1, -0.05) is 0 Å². The lowest BCUT2D eigenvalue weighted by Gasteiger charge is -2.43. The van der Waals surface area contributed by atoms with E-state index in [1.54, 1.807) is 0 Å². The highest BCUT2D eigenvalue weighted by Crippen LogP contribution is 2.21. The standard InChI is InChI=1S/C10H22N2O/c1-9(2)12-6-4-5-10(7-12,8-13)11-3/h9,11,13H,4-8H2,1-3H3. The molecule has 1 heterocycles. The van der Waals surface area contributed by atoms with Crippen molar-refractivity contribution in [3.05, 3.63) is 0 Å². The number of hydrogen-bond acceptors (Lipinski definition) is 3. The van der Waals surface area contributed by atoms with Gasteiger partial charge in [0.15, 0.2) is 0 Å². The second-order valence-electron chi connectivity index (χ2n) is 4.36. The summed E-state index contributed by atoms with van der Waals surface area (Å²) in [5.41, 5.74) is -0.0531. The normalized spacial score (nSPS) is 31.2. The maximum Gasteiger partial charge on any atom is 0.0625 e. The molecule has 0 saturated carbocycles. The van der Waals surface area contributed by atoms with E-state index in [1.807, 2.05) is 7.05 Å². The van der Waals surface area contributed by atoms with Crippen LogP contribution in [0.1, 0.15) is 26.7 Å². The Labute approximate surface area is 81.1 Å². The molecule has 13 heavy (non-hydrogen) atoms. The Hall–Kier alpha value is -0.120. The van der Waals surface area contributed by atoms with Gasteiger partial charge in [0.05, 0.1) is 12.1 Å². The first-order valence-electron chi connectivity index (χ1n) is 5.17. The van der Waals surface area contributed by atoms with Gasteiger partial charge in [0.25, 0.3) is 0 Å². The van der Waals surface area contributed by atoms with E-state index in [0.29, 0.717) is 6.04 Å². The molecule has 0 spiro atoms. The lowest BCUT2D eigenvalue weighted by atomic mass is 9.89. The summed E-state index contributed by atoms with van der Waals surface area (Å²) in [7, 11) is 1.94. The molecule has 1 fully saturated rings. The minimum Gasteiger partial charge on any atom is -0.394 e. The molecule has 0 aliphatic carbocycles. The van der Waals surface area contributed by atoms with Crippen molar-refractivity contribution in [1.29, 1.82) is 0 Å². The van der Waals surface area contributed by atoms with Crippen molar-refractivity contribution in [3.8, 4) is 0 Å². The van der Waals surface area contributed by atoms with E-state index in [9.17, 15) is 5.11 Å². The zero-order valence-corrected chi connectivity index (χ0v) is 9.01. The molecule has 1 rings (SSSR count). The van der Waals surface area contributed by atoms with Crippen LogP contribution in [0.15, 0.2) is 0 Å². The molecular formula is C10H22N2O. The van der Waals surface area contributed by atoms with Crippen molar-refractivity contribution in [2.45, 2.75) is 38.3 Å². The predicted octanol–water partition coefficient (Wildman–Crippen LogP) is 0.441. The van der Waals surface area contributed by atoms with Crippen LogP contribution in [0.2, 0.25) is 0 Å². The van der Waals surface area contributed by atoms with E-state index in [2.05, 4.69) is 24.1 Å². The van der Waals surface area contributed by atoms with E-state index in [1.165, 1.54) is 13.0 Å². The maximum atomic E-state index is 9.35. The minimum absolute atomic E-state index is 0.0531. The topological polar surface area (TPSA) is 35.5 Å². The van der Waals surface area contributed by atoms with Crippen LogP contribution >= 0.6 is 0 Å². The number of rotatable bonds is 3. The molecule has 3 nitrogen and oxygen atoms in total. The third-order valence-corrected chi connectivity index (χ3v) is 3.17. The highest BCUT2D eigenvalue weighted by atomic mass is 16.3. The molecule has 0 amide bonds. The highest BCUT2D eigenvalue weighted by molar-refractivity contribution is 4.93. The Kier molecular flexibility index (Phi) is 3.71. The van der Waals surface area contributed by atoms with Crippen LogP contribution in [0.5, 0.6) is 0 Å². The van der Waals surface area contributed by atoms with E-state index < -0.39 is 0 Å². The first-order valence-corrected chi connectivity index (χ1v) is 5.17. The molecule has 0 bridgehead atoms. The quantitative estimate of drug-likeness (QED) is 0.671. The van der Waals surface area contributed by atoms with Crippen LogP contribution in [-0.2, 0) is 0 Å². The van der Waals surface area contributed by atoms with Gasteiger partial charge in [0, 0.05) is 12.6 Å². The number of nitrogens with zero attached hydrogens (tertiary/aromatic N) is 1. The molecule has 2 N–H and O–H groups in total. The van der Waals surface area contributed by atoms with Gasteiger partial charge >= 0.3 is 0 Å². The van der Waals surface area contributed by atoms with Gasteiger partial charge in [-0.15, -0.1) is 0 Å². The van der Waals surface area contributed by atoms with E-state index in [0.717, 1.165) is 13.0 Å². The third kappa shape index (κ3) is 2.42. The van der Waals surface area contributed by atoms with Crippen molar-refractivity contribution in [2.24, 2.45) is 0 Å². The summed E-state index contributed by atoms with van der Waals surface area (Å²) in [6.07, 6.45) is 2.27. The average molecular weight is 186 g/mol. The van der Waals surface area contributed by atoms with Gasteiger partial charge in [-0.25, -0.2) is 0 Å². The van der Waals surface area contributed by atoms with Gasteiger partial charge in [-0.3, -0.25) is 4.90 Å². The number of aliphatic hydroxyl groups is 1. The van der Waals surface area contributed by atoms with Gasteiger partial charge in [-0.2, -0.15) is 0 Å². The summed E-state index contributed by atoms with van der Waals surface area (Å²) in [5, 5.41) is 12.6. The van der Waals surface area contributed by atoms with Crippen LogP contribution < -0.4 is 5.32 Å². The summed E-state index contributed by atoms with van der Waals surface area (Å²) in [4.78, 5) is 2.43. The number of aliphatic hydroxyl groups excluding tert-OH is 1. The largest absolute Gasteiger partial charge is 0.394 e. The number of likely N-dealkylation sites (N-methyl/N-ethyl adjacent to an activating group) is 1. The van der Waals surface area contributed by atoms with Crippen molar-refractivity contribution in [3.63, 3.8) is 0 Å². The van der Waals surface area contributed by atoms with Gasteiger partial charge in [-0.05, 0) is 40.3 Å². The Morgan fingerprint density at radius 2 is 2.23 bits per heavy atom. The summed E-state index contributed by atoms with van der Waals surface area (Å²) in [6.45, 7) is 6.80. The summed E-state index contributed by atoms with van der Waals surface area (Å²) >= 11 is 0. The molecular weight excluding hydrogens is 164 g/mol. The molecule has 1 aliphatic rings. The van der Waals surface area contributed by atoms with Crippen LogP contribution in [0, 0.1) is 0 Å². The molecule has 78 valence electrons. The molecule has 1 saturated heterocycles. The van der Waals surface area contributed by atoms with Crippen molar-refractivity contribution in [1.82, 2.24) is 10.2 Å². The molecule has 0 aromatic rings. The van der Waals surface area contributed by atoms with Gasteiger partial charge in [0.2, 0.25) is 0 Å². The lowest BCUT2D eigenvalue weighted by Crippen LogP contribution is -2.59. The summed E-state index contributed by atoms with van der Waals surface area (Å²) in [5.74, 6) is 0. The molecule has 0 aromatic heterocycles. The van der Waals surface area contributed by atoms with Crippen LogP contribution in [-0.4, -0.2) is 48.3 Å². The second kappa shape index (κ2) is 4.40. The van der Waals surface area contributed by atoms with Crippen LogP contribution in [0.25, 0.3) is 0 Å². The van der Waals surface area contributed by atoms with Gasteiger partial charge < -0.3 is 10.4 Å². The summed E-state index contributed by atoms with van der Waals surface area (Å²) < 4.78 is 0. The smallest absolute Gasteiger partial charge is 0.0625 e. The zero-order chi connectivity index (χ0) is 9.90. The Morgan fingerprint density at radius 1 is 1.54 bits per heavy atom. The first kappa shape index (κ1) is 11.0. The van der Waals surface area contributed by atoms with Crippen LogP contribution in [0.4, 0.5) is 0 Å². The molecule has 3 heteroatoms. The number of piperidine rings is 1. The Bertz CT molecular complexity index is 155. The Morgan fingerprint density at radius 3 is 2.69 bits per heavy atom. The van der Waals surface area contributed by atoms with Gasteiger partial charge in [0.1, 0.15) is 0 Å². The average Bonchev–Trinajstić information content (AvgIpc) is 2.18. The molecule has 1 aliphatic heterocycles. The Balaban J connectivity index is 2.58. The van der Waals surface area contributed by atoms with E-state index in [-0.39, 0.29) is 12.1 Å². The zero-order valence-electron chi connectivity index (χ0n) is 9.01. The predicted molar refractivity (Wildman–Crippen MR) is 54.8 cm³/mol. The fraction of sp³-hybridized carbons (Fsp3) is 1.00. The monoisotopic (exact) mass is 186 g/mol. The number of hydrogen-bond donors (Lipinski definition) is 2. The summed E-state index contributed by atoms with van der Waals surface area (Å²) in [6, 6.07) is 0.583. The molecule has 0 radical (unpaired) electrons. The van der Waals surface area contributed by atoms with Crippen molar-refractivity contribution in [2.75, 3.05) is 26.7 Å². The van der Waals surface area contributed by atoms with Crippen molar-refractivity contribution >= 4 is 0 Å². The first-order chi connectivity index (χ1) is 6.13. The van der Waals surface area contributed by atoms with Crippen molar-refractivity contribution < 1.29 is 5.11 Å². The highest BCUT2D eigenvalue weighted by Gasteiger charge is 2.33. The van der Waals surface area contributed by atoms with Crippen LogP contribution in [0.3, 0.4) is 0 Å². The van der Waals surface area contributed by atoms with E-state index >= 15 is 0 Å². The number of nitrogens with one attached hydrogen (secondary N) is 1. The fourth-order valence-electron chi connectivity index (χ4n) is 2.02. The molecule has 1 atom stereocenters. The second-order valence-corrected chi connectivity index (χ2v) is 4.36. The number of likely N-dealkylation sites (tertiary alicyclic amines) is 1. The maximum absolute atomic E-state index is 9.35. The SMILES string of the molecule is CNC1(CO)CCCN(C(C)C)C1. The minimum atomic E-state index is -0.0531. The third-order valence-electron chi connectivity index (χ3n) is 3.17. The molecule has 1 unspecified atom stereocenters.